The zero-order valence-electron chi connectivity index (χ0n) is 15.6. The largest absolute Gasteiger partial charge is 0.496 e. The molecular formula is C22H27NO3. The van der Waals surface area contributed by atoms with Crippen LogP contribution in [0.4, 0.5) is 0 Å². The van der Waals surface area contributed by atoms with Gasteiger partial charge in [-0.2, -0.15) is 0 Å². The molecule has 1 atom stereocenters. The third-order valence-corrected chi connectivity index (χ3v) is 5.66. The summed E-state index contributed by atoms with van der Waals surface area (Å²) in [5, 5.41) is 11.2. The van der Waals surface area contributed by atoms with Gasteiger partial charge in [0.1, 0.15) is 17.6 Å². The van der Waals surface area contributed by atoms with E-state index in [1.807, 2.05) is 24.3 Å². The van der Waals surface area contributed by atoms with Crippen molar-refractivity contribution in [1.82, 2.24) is 4.90 Å². The van der Waals surface area contributed by atoms with Gasteiger partial charge in [0.25, 0.3) is 0 Å². The molecule has 1 N–H and O–H groups in total. The second-order valence-electron chi connectivity index (χ2n) is 7.58. The van der Waals surface area contributed by atoms with Crippen molar-refractivity contribution in [1.29, 1.82) is 0 Å². The van der Waals surface area contributed by atoms with Gasteiger partial charge in [-0.3, -0.25) is 4.90 Å². The molecule has 1 saturated heterocycles. The molecular weight excluding hydrogens is 326 g/mol. The van der Waals surface area contributed by atoms with Crippen molar-refractivity contribution in [3.63, 3.8) is 0 Å². The molecule has 0 aromatic heterocycles. The first-order valence-electron chi connectivity index (χ1n) is 9.44. The molecule has 0 spiro atoms. The zero-order valence-corrected chi connectivity index (χ0v) is 15.6. The molecule has 0 radical (unpaired) electrons. The van der Waals surface area contributed by atoms with Crippen LogP contribution in [-0.2, 0) is 18.6 Å². The molecule has 138 valence electrons. The Morgan fingerprint density at radius 1 is 1.19 bits per heavy atom. The van der Waals surface area contributed by atoms with Gasteiger partial charge < -0.3 is 14.6 Å². The van der Waals surface area contributed by atoms with Crippen LogP contribution in [0.2, 0.25) is 0 Å². The summed E-state index contributed by atoms with van der Waals surface area (Å²) in [6.45, 7) is 4.78. The minimum Gasteiger partial charge on any atom is -0.496 e. The number of benzene rings is 2. The number of methoxy groups -OCH3 is 1. The first-order chi connectivity index (χ1) is 12.6. The summed E-state index contributed by atoms with van der Waals surface area (Å²) < 4.78 is 11.2. The van der Waals surface area contributed by atoms with Crippen molar-refractivity contribution in [2.45, 2.75) is 44.4 Å². The average Bonchev–Trinajstić information content (AvgIpc) is 3.03. The van der Waals surface area contributed by atoms with E-state index in [0.717, 1.165) is 56.0 Å². The van der Waals surface area contributed by atoms with Crippen molar-refractivity contribution in [2.24, 2.45) is 0 Å². The van der Waals surface area contributed by atoms with Gasteiger partial charge in [-0.15, -0.1) is 0 Å². The molecule has 26 heavy (non-hydrogen) atoms. The van der Waals surface area contributed by atoms with Crippen LogP contribution in [0, 0.1) is 0 Å². The SMILES string of the molecule is COc1ccccc1C1(O)CCN(Cc2ccc3c(c2)C[C@H](C)O3)CC1. The maximum absolute atomic E-state index is 11.2. The number of hydrogen-bond donors (Lipinski definition) is 1. The van der Waals surface area contributed by atoms with Crippen LogP contribution in [-0.4, -0.2) is 36.3 Å². The minimum absolute atomic E-state index is 0.283. The molecule has 2 aliphatic heterocycles. The summed E-state index contributed by atoms with van der Waals surface area (Å²) in [4.78, 5) is 2.42. The molecule has 0 amide bonds. The number of piperidine rings is 1. The highest BCUT2D eigenvalue weighted by atomic mass is 16.5. The summed E-state index contributed by atoms with van der Waals surface area (Å²) in [6, 6.07) is 14.4. The normalized spacial score (nSPS) is 21.9. The highest BCUT2D eigenvalue weighted by Crippen LogP contribution is 2.38. The van der Waals surface area contributed by atoms with Gasteiger partial charge in [0.05, 0.1) is 12.7 Å². The van der Waals surface area contributed by atoms with E-state index in [2.05, 4.69) is 30.0 Å². The molecule has 2 aromatic rings. The van der Waals surface area contributed by atoms with Gasteiger partial charge >= 0.3 is 0 Å². The maximum Gasteiger partial charge on any atom is 0.124 e. The van der Waals surface area contributed by atoms with E-state index in [-0.39, 0.29) is 6.10 Å². The Bertz CT molecular complexity index is 781. The van der Waals surface area contributed by atoms with E-state index in [9.17, 15) is 5.11 Å². The van der Waals surface area contributed by atoms with Crippen LogP contribution >= 0.6 is 0 Å². The van der Waals surface area contributed by atoms with E-state index in [1.165, 1.54) is 11.1 Å². The molecule has 2 heterocycles. The molecule has 0 bridgehead atoms. The Labute approximate surface area is 155 Å². The van der Waals surface area contributed by atoms with Crippen LogP contribution in [0.15, 0.2) is 42.5 Å². The molecule has 4 heteroatoms. The van der Waals surface area contributed by atoms with Crippen LogP contribution in [0.1, 0.15) is 36.5 Å². The summed E-state index contributed by atoms with van der Waals surface area (Å²) >= 11 is 0. The summed E-state index contributed by atoms with van der Waals surface area (Å²) in [6.07, 6.45) is 2.72. The van der Waals surface area contributed by atoms with Crippen LogP contribution in [0.5, 0.6) is 11.5 Å². The number of aliphatic hydroxyl groups is 1. The zero-order chi connectivity index (χ0) is 18.1. The number of ether oxygens (including phenoxy) is 2. The lowest BCUT2D eigenvalue weighted by molar-refractivity contribution is -0.0292. The number of para-hydroxylation sites is 1. The van der Waals surface area contributed by atoms with Gasteiger partial charge in [-0.25, -0.2) is 0 Å². The first kappa shape index (κ1) is 17.4. The number of hydrogen-bond acceptors (Lipinski definition) is 4. The quantitative estimate of drug-likeness (QED) is 0.913. The van der Waals surface area contributed by atoms with Crippen molar-refractivity contribution >= 4 is 0 Å². The molecule has 1 fully saturated rings. The Balaban J connectivity index is 1.42. The lowest BCUT2D eigenvalue weighted by Gasteiger charge is -2.39. The average molecular weight is 353 g/mol. The monoisotopic (exact) mass is 353 g/mol. The molecule has 0 unspecified atom stereocenters. The van der Waals surface area contributed by atoms with Gasteiger partial charge in [0.2, 0.25) is 0 Å². The fourth-order valence-electron chi connectivity index (χ4n) is 4.21. The summed E-state index contributed by atoms with van der Waals surface area (Å²) in [7, 11) is 1.66. The van der Waals surface area contributed by atoms with Gasteiger partial charge in [-0.1, -0.05) is 30.3 Å². The second kappa shape index (κ2) is 6.93. The molecule has 0 aliphatic carbocycles. The van der Waals surface area contributed by atoms with Gasteiger partial charge in [0, 0.05) is 31.6 Å². The summed E-state index contributed by atoms with van der Waals surface area (Å²) in [5.74, 6) is 1.81. The number of likely N-dealkylation sites (tertiary alicyclic amines) is 1. The van der Waals surface area contributed by atoms with E-state index in [1.54, 1.807) is 7.11 Å². The molecule has 2 aromatic carbocycles. The molecule has 2 aliphatic rings. The van der Waals surface area contributed by atoms with Crippen molar-refractivity contribution in [2.75, 3.05) is 20.2 Å². The van der Waals surface area contributed by atoms with Crippen LogP contribution in [0.25, 0.3) is 0 Å². The van der Waals surface area contributed by atoms with Crippen LogP contribution < -0.4 is 9.47 Å². The van der Waals surface area contributed by atoms with Crippen molar-refractivity contribution < 1.29 is 14.6 Å². The van der Waals surface area contributed by atoms with E-state index in [0.29, 0.717) is 0 Å². The standard InChI is InChI=1S/C22H27NO3/c1-16-13-18-14-17(7-8-20(18)26-16)15-23-11-9-22(24,10-12-23)19-5-3-4-6-21(19)25-2/h3-8,14,16,24H,9-13,15H2,1-2H3/t16-/m0/s1. The van der Waals surface area contributed by atoms with Gasteiger partial charge in [-0.05, 0) is 43.0 Å². The van der Waals surface area contributed by atoms with Gasteiger partial charge in [0.15, 0.2) is 0 Å². The van der Waals surface area contributed by atoms with Crippen molar-refractivity contribution in [3.8, 4) is 11.5 Å². The summed E-state index contributed by atoms with van der Waals surface area (Å²) in [5.41, 5.74) is 2.75. The van der Waals surface area contributed by atoms with E-state index in [4.69, 9.17) is 9.47 Å². The lowest BCUT2D eigenvalue weighted by Crippen LogP contribution is -2.42. The second-order valence-corrected chi connectivity index (χ2v) is 7.58. The smallest absolute Gasteiger partial charge is 0.124 e. The highest BCUT2D eigenvalue weighted by molar-refractivity contribution is 5.41. The first-order valence-corrected chi connectivity index (χ1v) is 9.44. The molecule has 4 nitrogen and oxygen atoms in total. The Morgan fingerprint density at radius 2 is 1.96 bits per heavy atom. The Kier molecular flexibility index (Phi) is 4.63. The van der Waals surface area contributed by atoms with Crippen LogP contribution in [0.3, 0.4) is 0 Å². The van der Waals surface area contributed by atoms with E-state index < -0.39 is 5.60 Å². The minimum atomic E-state index is -0.801. The molecule has 0 saturated carbocycles. The Hall–Kier alpha value is -2.04. The highest BCUT2D eigenvalue weighted by Gasteiger charge is 2.36. The third-order valence-electron chi connectivity index (χ3n) is 5.66. The fraction of sp³-hybridized carbons (Fsp3) is 0.455. The number of nitrogens with zero attached hydrogens (tertiary/aromatic N) is 1. The third kappa shape index (κ3) is 3.31. The number of fused-ring (bicyclic) bond motifs is 1. The predicted octanol–water partition coefficient (Wildman–Crippen LogP) is 3.50. The maximum atomic E-state index is 11.2. The van der Waals surface area contributed by atoms with Crippen molar-refractivity contribution in [3.05, 3.63) is 59.2 Å². The fourth-order valence-corrected chi connectivity index (χ4v) is 4.21. The Morgan fingerprint density at radius 3 is 2.73 bits per heavy atom. The number of rotatable bonds is 4. The lowest BCUT2D eigenvalue weighted by atomic mass is 9.83. The van der Waals surface area contributed by atoms with E-state index >= 15 is 0 Å². The predicted molar refractivity (Wildman–Crippen MR) is 102 cm³/mol. The molecule has 4 rings (SSSR count). The topological polar surface area (TPSA) is 41.9 Å².